The molecular weight excluding hydrogens is 298 g/mol. The summed E-state index contributed by atoms with van der Waals surface area (Å²) in [5.41, 5.74) is 1.68. The van der Waals surface area contributed by atoms with Crippen molar-refractivity contribution in [3.63, 3.8) is 0 Å². The molecule has 0 aliphatic heterocycles. The SMILES string of the molecule is COC(=O)c1c(NC(=O)CCC2CCCC2)sc2c1CCC2. The van der Waals surface area contributed by atoms with E-state index >= 15 is 0 Å². The van der Waals surface area contributed by atoms with Crippen molar-refractivity contribution in [2.75, 3.05) is 12.4 Å². The van der Waals surface area contributed by atoms with Crippen LogP contribution in [0.25, 0.3) is 0 Å². The number of carbonyl (C=O) groups excluding carboxylic acids is 2. The molecule has 2 aliphatic rings. The van der Waals surface area contributed by atoms with Crippen molar-refractivity contribution >= 4 is 28.2 Å². The van der Waals surface area contributed by atoms with Crippen LogP contribution in [0.1, 0.15) is 65.7 Å². The molecule has 0 bridgehead atoms. The molecule has 0 unspecified atom stereocenters. The summed E-state index contributed by atoms with van der Waals surface area (Å²) in [5.74, 6) is 0.404. The molecule has 1 aromatic heterocycles. The van der Waals surface area contributed by atoms with Crippen LogP contribution in [0.5, 0.6) is 0 Å². The molecule has 5 heteroatoms. The number of esters is 1. The molecule has 0 spiro atoms. The number of methoxy groups -OCH3 is 1. The van der Waals surface area contributed by atoms with E-state index in [4.69, 9.17) is 4.74 Å². The number of aryl methyl sites for hydroxylation is 1. The molecule has 1 aromatic rings. The van der Waals surface area contributed by atoms with Crippen molar-refractivity contribution in [3.8, 4) is 0 Å². The maximum atomic E-state index is 12.2. The third-order valence-electron chi connectivity index (χ3n) is 4.82. The number of hydrogen-bond acceptors (Lipinski definition) is 4. The number of nitrogens with one attached hydrogen (secondary N) is 1. The summed E-state index contributed by atoms with van der Waals surface area (Å²) >= 11 is 1.55. The topological polar surface area (TPSA) is 55.4 Å². The second kappa shape index (κ2) is 6.82. The molecule has 0 saturated heterocycles. The zero-order valence-corrected chi connectivity index (χ0v) is 13.9. The van der Waals surface area contributed by atoms with Gasteiger partial charge in [-0.3, -0.25) is 4.79 Å². The summed E-state index contributed by atoms with van der Waals surface area (Å²) in [7, 11) is 1.40. The van der Waals surface area contributed by atoms with Gasteiger partial charge in [0.15, 0.2) is 0 Å². The van der Waals surface area contributed by atoms with Crippen molar-refractivity contribution in [1.82, 2.24) is 0 Å². The number of thiophene rings is 1. The van der Waals surface area contributed by atoms with Gasteiger partial charge in [0.1, 0.15) is 5.00 Å². The number of fused-ring (bicyclic) bond motifs is 1. The molecule has 1 amide bonds. The van der Waals surface area contributed by atoms with E-state index < -0.39 is 0 Å². The number of ether oxygens (including phenoxy) is 1. The number of rotatable bonds is 5. The second-order valence-electron chi connectivity index (χ2n) is 6.29. The minimum Gasteiger partial charge on any atom is -0.465 e. The smallest absolute Gasteiger partial charge is 0.341 e. The molecule has 3 rings (SSSR count). The Morgan fingerprint density at radius 3 is 2.73 bits per heavy atom. The van der Waals surface area contributed by atoms with Gasteiger partial charge in [-0.05, 0) is 37.2 Å². The quantitative estimate of drug-likeness (QED) is 0.836. The van der Waals surface area contributed by atoms with Crippen LogP contribution < -0.4 is 5.32 Å². The van der Waals surface area contributed by atoms with Gasteiger partial charge in [0.05, 0.1) is 12.7 Å². The Bertz CT molecular complexity index is 573. The Kier molecular flexibility index (Phi) is 4.81. The van der Waals surface area contributed by atoms with Gasteiger partial charge < -0.3 is 10.1 Å². The lowest BCUT2D eigenvalue weighted by Gasteiger charge is -2.09. The van der Waals surface area contributed by atoms with Gasteiger partial charge in [-0.1, -0.05) is 25.7 Å². The van der Waals surface area contributed by atoms with Crippen LogP contribution in [-0.4, -0.2) is 19.0 Å². The number of amides is 1. The predicted molar refractivity (Wildman–Crippen MR) is 87.5 cm³/mol. The maximum absolute atomic E-state index is 12.2. The Morgan fingerprint density at radius 2 is 2.00 bits per heavy atom. The third-order valence-corrected chi connectivity index (χ3v) is 6.03. The van der Waals surface area contributed by atoms with E-state index in [2.05, 4.69) is 5.32 Å². The number of carbonyl (C=O) groups is 2. The van der Waals surface area contributed by atoms with Gasteiger partial charge in [0.2, 0.25) is 5.91 Å². The van der Waals surface area contributed by atoms with Crippen molar-refractivity contribution in [2.24, 2.45) is 5.92 Å². The highest BCUT2D eigenvalue weighted by atomic mass is 32.1. The first-order valence-corrected chi connectivity index (χ1v) is 9.03. The molecule has 2 aliphatic carbocycles. The Morgan fingerprint density at radius 1 is 1.23 bits per heavy atom. The van der Waals surface area contributed by atoms with E-state index in [9.17, 15) is 9.59 Å². The second-order valence-corrected chi connectivity index (χ2v) is 7.40. The highest BCUT2D eigenvalue weighted by molar-refractivity contribution is 7.17. The van der Waals surface area contributed by atoms with Crippen molar-refractivity contribution in [3.05, 3.63) is 16.0 Å². The van der Waals surface area contributed by atoms with Crippen molar-refractivity contribution in [1.29, 1.82) is 0 Å². The normalized spacial score (nSPS) is 17.5. The fraction of sp³-hybridized carbons (Fsp3) is 0.647. The molecule has 1 N–H and O–H groups in total. The van der Waals surface area contributed by atoms with Crippen LogP contribution in [0.2, 0.25) is 0 Å². The van der Waals surface area contributed by atoms with E-state index in [1.807, 2.05) is 0 Å². The average molecular weight is 321 g/mol. The van der Waals surface area contributed by atoms with E-state index in [0.717, 1.165) is 31.2 Å². The molecule has 0 radical (unpaired) electrons. The third kappa shape index (κ3) is 3.19. The van der Waals surface area contributed by atoms with Crippen LogP contribution in [0.15, 0.2) is 0 Å². The van der Waals surface area contributed by atoms with Crippen molar-refractivity contribution in [2.45, 2.75) is 57.8 Å². The number of anilines is 1. The van der Waals surface area contributed by atoms with Gasteiger partial charge in [0, 0.05) is 11.3 Å². The first kappa shape index (κ1) is 15.5. The fourth-order valence-corrected chi connectivity index (χ4v) is 4.93. The zero-order valence-electron chi connectivity index (χ0n) is 13.1. The standard InChI is InChI=1S/C17H23NO3S/c1-21-17(20)15-12-7-4-8-13(12)22-16(15)18-14(19)10-9-11-5-2-3-6-11/h11H,2-10H2,1H3,(H,18,19). The minimum absolute atomic E-state index is 0.0250. The monoisotopic (exact) mass is 321 g/mol. The van der Waals surface area contributed by atoms with Crippen LogP contribution in [0.4, 0.5) is 5.00 Å². The van der Waals surface area contributed by atoms with E-state index in [1.54, 1.807) is 11.3 Å². The largest absolute Gasteiger partial charge is 0.465 e. The van der Waals surface area contributed by atoms with Crippen LogP contribution >= 0.6 is 11.3 Å². The number of hydrogen-bond donors (Lipinski definition) is 1. The molecule has 0 atom stereocenters. The molecule has 22 heavy (non-hydrogen) atoms. The van der Waals surface area contributed by atoms with E-state index in [1.165, 1.54) is 37.7 Å². The minimum atomic E-state index is -0.328. The van der Waals surface area contributed by atoms with Gasteiger partial charge in [0.25, 0.3) is 0 Å². The Balaban J connectivity index is 1.66. The molecule has 0 aromatic carbocycles. The lowest BCUT2D eigenvalue weighted by atomic mass is 10.0. The highest BCUT2D eigenvalue weighted by Gasteiger charge is 2.28. The lowest BCUT2D eigenvalue weighted by molar-refractivity contribution is -0.116. The zero-order chi connectivity index (χ0) is 15.5. The van der Waals surface area contributed by atoms with E-state index in [-0.39, 0.29) is 11.9 Å². The fourth-order valence-electron chi connectivity index (χ4n) is 3.63. The molecule has 1 fully saturated rings. The predicted octanol–water partition coefficient (Wildman–Crippen LogP) is 3.93. The summed E-state index contributed by atoms with van der Waals surface area (Å²) in [6.45, 7) is 0. The molecule has 4 nitrogen and oxygen atoms in total. The summed E-state index contributed by atoms with van der Waals surface area (Å²) in [4.78, 5) is 25.5. The lowest BCUT2D eigenvalue weighted by Crippen LogP contribution is -2.15. The molecular formula is C17H23NO3S. The van der Waals surface area contributed by atoms with Gasteiger partial charge in [-0.15, -0.1) is 11.3 Å². The summed E-state index contributed by atoms with van der Waals surface area (Å²) in [5, 5.41) is 3.65. The van der Waals surface area contributed by atoms with Gasteiger partial charge in [-0.2, -0.15) is 0 Å². The van der Waals surface area contributed by atoms with Crippen molar-refractivity contribution < 1.29 is 14.3 Å². The van der Waals surface area contributed by atoms with Gasteiger partial charge >= 0.3 is 5.97 Å². The first-order valence-electron chi connectivity index (χ1n) is 8.21. The first-order chi connectivity index (χ1) is 10.7. The highest BCUT2D eigenvalue weighted by Crippen LogP contribution is 2.39. The molecule has 1 heterocycles. The summed E-state index contributed by atoms with van der Waals surface area (Å²) in [6.07, 6.45) is 9.63. The van der Waals surface area contributed by atoms with Crippen LogP contribution in [0.3, 0.4) is 0 Å². The van der Waals surface area contributed by atoms with Gasteiger partial charge in [-0.25, -0.2) is 4.79 Å². The maximum Gasteiger partial charge on any atom is 0.341 e. The molecule has 1 saturated carbocycles. The molecule has 120 valence electrons. The van der Waals surface area contributed by atoms with Crippen LogP contribution in [0, 0.1) is 5.92 Å². The Labute approximate surface area is 135 Å². The summed E-state index contributed by atoms with van der Waals surface area (Å²) < 4.78 is 4.90. The summed E-state index contributed by atoms with van der Waals surface area (Å²) in [6, 6.07) is 0. The van der Waals surface area contributed by atoms with Crippen LogP contribution in [-0.2, 0) is 22.4 Å². The average Bonchev–Trinajstić information content (AvgIpc) is 3.21. The van der Waals surface area contributed by atoms with E-state index in [0.29, 0.717) is 22.9 Å². The Hall–Kier alpha value is -1.36.